The fraction of sp³-hybridized carbons (Fsp3) is 0.217. The fourth-order valence-corrected chi connectivity index (χ4v) is 3.24. The zero-order valence-electron chi connectivity index (χ0n) is 16.8. The molecule has 0 aliphatic heterocycles. The van der Waals surface area contributed by atoms with Gasteiger partial charge in [-0.15, -0.1) is 0 Å². The Hall–Kier alpha value is -3.34. The number of hydrazone groups is 1. The Balaban J connectivity index is 1.69. The monoisotopic (exact) mass is 374 g/mol. The summed E-state index contributed by atoms with van der Waals surface area (Å²) < 4.78 is 2.19. The van der Waals surface area contributed by atoms with Crippen LogP contribution in [0.5, 0.6) is 0 Å². The summed E-state index contributed by atoms with van der Waals surface area (Å²) in [5.74, 6) is 0. The Morgan fingerprint density at radius 2 is 1.82 bits per heavy atom. The molecule has 0 unspecified atom stereocenters. The Morgan fingerprint density at radius 3 is 2.50 bits per heavy atom. The summed E-state index contributed by atoms with van der Waals surface area (Å²) in [7, 11) is 0. The number of nitrogens with one attached hydrogen (secondary N) is 2. The summed E-state index contributed by atoms with van der Waals surface area (Å²) in [6.07, 6.45) is 2.70. The number of anilines is 1. The lowest BCUT2D eigenvalue weighted by molar-refractivity contribution is 0.252. The van der Waals surface area contributed by atoms with E-state index >= 15 is 0 Å². The van der Waals surface area contributed by atoms with Crippen LogP contribution in [-0.2, 0) is 6.42 Å². The maximum atomic E-state index is 12.0. The van der Waals surface area contributed by atoms with Crippen molar-refractivity contribution in [1.82, 2.24) is 9.99 Å². The molecule has 28 heavy (non-hydrogen) atoms. The minimum atomic E-state index is -0.370. The summed E-state index contributed by atoms with van der Waals surface area (Å²) in [6, 6.07) is 17.9. The summed E-state index contributed by atoms with van der Waals surface area (Å²) in [5, 5.41) is 6.86. The van der Waals surface area contributed by atoms with E-state index in [-0.39, 0.29) is 6.03 Å². The zero-order valence-corrected chi connectivity index (χ0v) is 16.8. The molecule has 0 atom stereocenters. The third kappa shape index (κ3) is 4.49. The molecule has 0 saturated heterocycles. The second-order valence-electron chi connectivity index (χ2n) is 6.88. The first-order valence-electron chi connectivity index (χ1n) is 9.43. The van der Waals surface area contributed by atoms with Gasteiger partial charge in [0.1, 0.15) is 0 Å². The van der Waals surface area contributed by atoms with E-state index in [9.17, 15) is 4.79 Å². The SMILES string of the molecule is CCc1ccc(-n2c(C)cc(/C=N/NC(=O)Nc3cccc(C)c3)c2C)cc1. The quantitative estimate of drug-likeness (QED) is 0.472. The third-order valence-electron chi connectivity index (χ3n) is 4.72. The van der Waals surface area contributed by atoms with E-state index < -0.39 is 0 Å². The molecule has 2 aromatic carbocycles. The van der Waals surface area contributed by atoms with Crippen LogP contribution in [0.1, 0.15) is 35.0 Å². The normalized spacial score (nSPS) is 11.0. The first kappa shape index (κ1) is 19.4. The molecule has 0 bridgehead atoms. The Bertz CT molecular complexity index is 1000. The molecule has 1 aromatic heterocycles. The highest BCUT2D eigenvalue weighted by atomic mass is 16.2. The van der Waals surface area contributed by atoms with E-state index in [1.165, 1.54) is 5.56 Å². The molecular weight excluding hydrogens is 348 g/mol. The molecule has 3 aromatic rings. The molecule has 0 spiro atoms. The Labute approximate surface area is 166 Å². The van der Waals surface area contributed by atoms with Gasteiger partial charge >= 0.3 is 6.03 Å². The van der Waals surface area contributed by atoms with E-state index in [0.717, 1.165) is 40.3 Å². The number of benzene rings is 2. The van der Waals surface area contributed by atoms with Crippen LogP contribution in [0.15, 0.2) is 59.7 Å². The van der Waals surface area contributed by atoms with Crippen molar-refractivity contribution in [3.8, 4) is 5.69 Å². The lowest BCUT2D eigenvalue weighted by Crippen LogP contribution is -2.24. The highest BCUT2D eigenvalue weighted by Crippen LogP contribution is 2.20. The lowest BCUT2D eigenvalue weighted by Gasteiger charge is -2.10. The van der Waals surface area contributed by atoms with E-state index in [0.29, 0.717) is 0 Å². The van der Waals surface area contributed by atoms with Crippen molar-refractivity contribution in [2.24, 2.45) is 5.10 Å². The molecule has 2 N–H and O–H groups in total. The minimum absolute atomic E-state index is 0.370. The van der Waals surface area contributed by atoms with Gasteiger partial charge in [-0.05, 0) is 68.7 Å². The molecule has 144 valence electrons. The molecule has 2 amide bonds. The van der Waals surface area contributed by atoms with Crippen LogP contribution in [0.4, 0.5) is 10.5 Å². The van der Waals surface area contributed by atoms with E-state index in [1.54, 1.807) is 6.21 Å². The van der Waals surface area contributed by atoms with Gasteiger partial charge in [-0.1, -0.05) is 31.2 Å². The standard InChI is InChI=1S/C23H26N4O/c1-5-19-9-11-22(12-10-19)27-17(3)14-20(18(27)4)15-24-26-23(28)25-21-8-6-7-16(2)13-21/h6-15H,5H2,1-4H3,(H2,25,26,28)/b24-15+. The maximum absolute atomic E-state index is 12.0. The molecule has 1 heterocycles. The van der Waals surface area contributed by atoms with Gasteiger partial charge in [-0.2, -0.15) is 5.10 Å². The summed E-state index contributed by atoms with van der Waals surface area (Å²) in [4.78, 5) is 12.0. The van der Waals surface area contributed by atoms with Crippen LogP contribution in [0.3, 0.4) is 0 Å². The predicted molar refractivity (Wildman–Crippen MR) is 116 cm³/mol. The molecule has 0 aliphatic rings. The molecular formula is C23H26N4O. The van der Waals surface area contributed by atoms with Crippen molar-refractivity contribution < 1.29 is 4.79 Å². The number of hydrogen-bond acceptors (Lipinski definition) is 2. The highest BCUT2D eigenvalue weighted by Gasteiger charge is 2.09. The van der Waals surface area contributed by atoms with Gasteiger partial charge in [0.05, 0.1) is 6.21 Å². The van der Waals surface area contributed by atoms with Crippen LogP contribution < -0.4 is 10.7 Å². The first-order valence-corrected chi connectivity index (χ1v) is 9.43. The minimum Gasteiger partial charge on any atom is -0.318 e. The van der Waals surface area contributed by atoms with E-state index in [4.69, 9.17) is 0 Å². The van der Waals surface area contributed by atoms with Gasteiger partial charge in [0, 0.05) is 28.3 Å². The van der Waals surface area contributed by atoms with Crippen LogP contribution in [0.25, 0.3) is 5.69 Å². The van der Waals surface area contributed by atoms with Gasteiger partial charge in [0.25, 0.3) is 0 Å². The largest absolute Gasteiger partial charge is 0.339 e. The summed E-state index contributed by atoms with van der Waals surface area (Å²) >= 11 is 0. The van der Waals surface area contributed by atoms with Crippen LogP contribution >= 0.6 is 0 Å². The maximum Gasteiger partial charge on any atom is 0.339 e. The van der Waals surface area contributed by atoms with Crippen molar-refractivity contribution in [3.05, 3.63) is 82.7 Å². The fourth-order valence-electron chi connectivity index (χ4n) is 3.24. The second-order valence-corrected chi connectivity index (χ2v) is 6.88. The van der Waals surface area contributed by atoms with Crippen molar-refractivity contribution in [1.29, 1.82) is 0 Å². The average molecular weight is 374 g/mol. The third-order valence-corrected chi connectivity index (χ3v) is 4.72. The number of rotatable bonds is 5. The molecule has 0 saturated carbocycles. The number of amides is 2. The van der Waals surface area contributed by atoms with Crippen molar-refractivity contribution in [2.45, 2.75) is 34.1 Å². The van der Waals surface area contributed by atoms with E-state index in [1.807, 2.05) is 31.2 Å². The molecule has 0 fully saturated rings. The number of aryl methyl sites for hydroxylation is 3. The molecule has 0 radical (unpaired) electrons. The number of carbonyl (C=O) groups is 1. The first-order chi connectivity index (χ1) is 13.5. The topological polar surface area (TPSA) is 58.4 Å². The van der Waals surface area contributed by atoms with Crippen molar-refractivity contribution in [3.63, 3.8) is 0 Å². The van der Waals surface area contributed by atoms with Gasteiger partial charge in [-0.25, -0.2) is 10.2 Å². The van der Waals surface area contributed by atoms with E-state index in [2.05, 4.69) is 71.5 Å². The predicted octanol–water partition coefficient (Wildman–Crippen LogP) is 5.12. The molecule has 5 nitrogen and oxygen atoms in total. The summed E-state index contributed by atoms with van der Waals surface area (Å²) in [5.41, 5.74) is 9.94. The van der Waals surface area contributed by atoms with Gasteiger partial charge in [-0.3, -0.25) is 0 Å². The van der Waals surface area contributed by atoms with Gasteiger partial charge in [0.2, 0.25) is 0 Å². The second kappa shape index (κ2) is 8.57. The molecule has 5 heteroatoms. The number of nitrogens with zero attached hydrogens (tertiary/aromatic N) is 2. The smallest absolute Gasteiger partial charge is 0.318 e. The zero-order chi connectivity index (χ0) is 20.1. The number of urea groups is 1. The van der Waals surface area contributed by atoms with Gasteiger partial charge in [0.15, 0.2) is 0 Å². The Morgan fingerprint density at radius 1 is 1.07 bits per heavy atom. The van der Waals surface area contributed by atoms with Crippen molar-refractivity contribution in [2.75, 3.05) is 5.32 Å². The van der Waals surface area contributed by atoms with Gasteiger partial charge < -0.3 is 9.88 Å². The average Bonchev–Trinajstić information content (AvgIpc) is 2.95. The highest BCUT2D eigenvalue weighted by molar-refractivity contribution is 5.90. The van der Waals surface area contributed by atoms with Crippen LogP contribution in [0.2, 0.25) is 0 Å². The molecule has 0 aliphatic carbocycles. The van der Waals surface area contributed by atoms with Crippen LogP contribution in [0, 0.1) is 20.8 Å². The van der Waals surface area contributed by atoms with Crippen molar-refractivity contribution >= 4 is 17.9 Å². The van der Waals surface area contributed by atoms with Crippen LogP contribution in [-0.4, -0.2) is 16.8 Å². The molecule has 3 rings (SSSR count). The number of hydrogen-bond donors (Lipinski definition) is 2. The number of carbonyl (C=O) groups excluding carboxylic acids is 1. The number of aromatic nitrogens is 1. The lowest BCUT2D eigenvalue weighted by atomic mass is 10.1. The Kier molecular flexibility index (Phi) is 5.94. The summed E-state index contributed by atoms with van der Waals surface area (Å²) in [6.45, 7) is 8.25.